The van der Waals surface area contributed by atoms with Crippen molar-refractivity contribution in [2.75, 3.05) is 13.7 Å². The fraction of sp³-hybridized carbons (Fsp3) is 0.846. The van der Waals surface area contributed by atoms with Crippen LogP contribution < -0.4 is 0 Å². The third-order valence-corrected chi connectivity index (χ3v) is 3.53. The van der Waals surface area contributed by atoms with Crippen molar-refractivity contribution in [3.8, 4) is 0 Å². The Hall–Kier alpha value is -1.04. The molecule has 0 radical (unpaired) electrons. The predicted molar refractivity (Wildman–Crippen MR) is 64.0 cm³/mol. The summed E-state index contributed by atoms with van der Waals surface area (Å²) in [6.45, 7) is 1.22. The van der Waals surface area contributed by atoms with Gasteiger partial charge < -0.3 is 9.47 Å². The lowest BCUT2D eigenvalue weighted by Gasteiger charge is -2.32. The van der Waals surface area contributed by atoms with Gasteiger partial charge in [-0.15, -0.1) is 0 Å². The minimum absolute atomic E-state index is 0.193. The topological polar surface area (TPSA) is 52.6 Å². The van der Waals surface area contributed by atoms with Gasteiger partial charge in [0, 0.05) is 7.11 Å². The maximum absolute atomic E-state index is 13.8. The average molecular weight is 278 g/mol. The van der Waals surface area contributed by atoms with Crippen LogP contribution in [0.5, 0.6) is 0 Å². The van der Waals surface area contributed by atoms with Crippen LogP contribution >= 0.6 is 0 Å². The molecule has 1 saturated carbocycles. The number of ketones is 1. The van der Waals surface area contributed by atoms with Crippen LogP contribution in [0, 0.1) is 0 Å². The number of halogens is 2. The zero-order valence-electron chi connectivity index (χ0n) is 11.3. The fourth-order valence-corrected chi connectivity index (χ4v) is 2.42. The minimum atomic E-state index is -4.14. The Morgan fingerprint density at radius 1 is 1.16 bits per heavy atom. The molecule has 1 rings (SSSR count). The van der Waals surface area contributed by atoms with Gasteiger partial charge in [-0.2, -0.15) is 8.78 Å². The van der Waals surface area contributed by atoms with Crippen LogP contribution in [-0.2, 0) is 19.1 Å². The Labute approximate surface area is 111 Å². The molecule has 0 spiro atoms. The molecule has 0 saturated heterocycles. The Morgan fingerprint density at radius 3 is 2.11 bits per heavy atom. The van der Waals surface area contributed by atoms with Gasteiger partial charge in [-0.3, -0.25) is 4.79 Å². The van der Waals surface area contributed by atoms with Crippen molar-refractivity contribution in [3.63, 3.8) is 0 Å². The van der Waals surface area contributed by atoms with Gasteiger partial charge >= 0.3 is 11.9 Å². The van der Waals surface area contributed by atoms with Crippen LogP contribution in [0.15, 0.2) is 0 Å². The normalized spacial score (nSPS) is 19.6. The van der Waals surface area contributed by atoms with Crippen LogP contribution in [-0.4, -0.2) is 37.0 Å². The van der Waals surface area contributed by atoms with E-state index >= 15 is 0 Å². The summed E-state index contributed by atoms with van der Waals surface area (Å²) in [6, 6.07) is 0. The highest BCUT2D eigenvalue weighted by molar-refractivity contribution is 6.09. The van der Waals surface area contributed by atoms with E-state index < -0.39 is 23.3 Å². The quantitative estimate of drug-likeness (QED) is 0.440. The number of esters is 1. The minimum Gasteiger partial charge on any atom is -0.461 e. The zero-order chi connectivity index (χ0) is 14.5. The molecule has 1 aliphatic carbocycles. The summed E-state index contributed by atoms with van der Waals surface area (Å²) in [4.78, 5) is 23.3. The molecule has 0 aliphatic heterocycles. The van der Waals surface area contributed by atoms with E-state index in [9.17, 15) is 18.4 Å². The SMILES string of the molecule is CCOC(=O)C(F)(F)C(=O)C1(OC)CCCCCC1. The summed E-state index contributed by atoms with van der Waals surface area (Å²) in [7, 11) is 1.24. The molecular formula is C13H20F2O4. The van der Waals surface area contributed by atoms with E-state index in [-0.39, 0.29) is 19.4 Å². The summed E-state index contributed by atoms with van der Waals surface area (Å²) >= 11 is 0. The second kappa shape index (κ2) is 6.41. The van der Waals surface area contributed by atoms with Gasteiger partial charge in [-0.05, 0) is 19.8 Å². The second-order valence-electron chi connectivity index (χ2n) is 4.74. The first-order valence-electron chi connectivity index (χ1n) is 6.56. The Bertz CT molecular complexity index is 334. The van der Waals surface area contributed by atoms with Gasteiger partial charge in [0.05, 0.1) is 6.61 Å². The Kier molecular flexibility index (Phi) is 5.40. The van der Waals surface area contributed by atoms with E-state index in [2.05, 4.69) is 4.74 Å². The van der Waals surface area contributed by atoms with Gasteiger partial charge in [0.1, 0.15) is 5.60 Å². The molecule has 4 nitrogen and oxygen atoms in total. The standard InChI is InChI=1S/C13H20F2O4/c1-3-19-11(17)13(14,15)10(16)12(18-2)8-6-4-5-7-9-12/h3-9H2,1-2H3. The molecule has 0 bridgehead atoms. The summed E-state index contributed by atoms with van der Waals surface area (Å²) in [5.41, 5.74) is -1.56. The Morgan fingerprint density at radius 2 is 1.68 bits per heavy atom. The predicted octanol–water partition coefficient (Wildman–Crippen LogP) is 2.49. The first-order chi connectivity index (χ1) is 8.90. The molecule has 1 fully saturated rings. The van der Waals surface area contributed by atoms with Crippen LogP contribution in [0.3, 0.4) is 0 Å². The highest BCUT2D eigenvalue weighted by atomic mass is 19.3. The third-order valence-electron chi connectivity index (χ3n) is 3.53. The number of ether oxygens (including phenoxy) is 2. The van der Waals surface area contributed by atoms with E-state index in [0.29, 0.717) is 12.8 Å². The van der Waals surface area contributed by atoms with Crippen LogP contribution in [0.1, 0.15) is 45.4 Å². The molecule has 1 aliphatic rings. The molecule has 0 amide bonds. The molecule has 0 aromatic heterocycles. The number of carbonyl (C=O) groups is 2. The molecule has 19 heavy (non-hydrogen) atoms. The van der Waals surface area contributed by atoms with Crippen molar-refractivity contribution in [1.29, 1.82) is 0 Å². The van der Waals surface area contributed by atoms with Gasteiger partial charge in [-0.1, -0.05) is 25.7 Å². The van der Waals surface area contributed by atoms with Crippen LogP contribution in [0.4, 0.5) is 8.78 Å². The van der Waals surface area contributed by atoms with E-state index in [1.807, 2.05) is 0 Å². The fourth-order valence-electron chi connectivity index (χ4n) is 2.42. The van der Waals surface area contributed by atoms with Gasteiger partial charge in [-0.25, -0.2) is 4.79 Å². The Balaban J connectivity index is 2.96. The molecule has 0 aromatic carbocycles. The molecule has 0 unspecified atom stereocenters. The van der Waals surface area contributed by atoms with Crippen molar-refractivity contribution in [1.82, 2.24) is 0 Å². The number of hydrogen-bond acceptors (Lipinski definition) is 4. The number of rotatable bonds is 5. The van der Waals surface area contributed by atoms with Gasteiger partial charge in [0.15, 0.2) is 0 Å². The monoisotopic (exact) mass is 278 g/mol. The first kappa shape index (κ1) is 16.0. The van der Waals surface area contributed by atoms with Crippen molar-refractivity contribution in [3.05, 3.63) is 0 Å². The van der Waals surface area contributed by atoms with E-state index in [4.69, 9.17) is 4.74 Å². The zero-order valence-corrected chi connectivity index (χ0v) is 11.3. The van der Waals surface area contributed by atoms with E-state index in [1.165, 1.54) is 14.0 Å². The van der Waals surface area contributed by atoms with Gasteiger partial charge in [0.2, 0.25) is 5.78 Å². The maximum atomic E-state index is 13.8. The molecular weight excluding hydrogens is 258 g/mol. The van der Waals surface area contributed by atoms with Crippen LogP contribution in [0.2, 0.25) is 0 Å². The number of methoxy groups -OCH3 is 1. The van der Waals surface area contributed by atoms with Crippen molar-refractivity contribution < 1.29 is 27.8 Å². The first-order valence-corrected chi connectivity index (χ1v) is 6.56. The van der Waals surface area contributed by atoms with E-state index in [1.54, 1.807) is 0 Å². The van der Waals surface area contributed by atoms with Gasteiger partial charge in [0.25, 0.3) is 0 Å². The summed E-state index contributed by atoms with van der Waals surface area (Å²) < 4.78 is 37.1. The lowest BCUT2D eigenvalue weighted by Crippen LogP contribution is -2.53. The summed E-state index contributed by atoms with van der Waals surface area (Å²) in [5.74, 6) is -7.40. The summed E-state index contributed by atoms with van der Waals surface area (Å²) in [5, 5.41) is 0. The highest BCUT2D eigenvalue weighted by Gasteiger charge is 2.58. The number of Topliss-reactive ketones (excluding diaryl/α,β-unsaturated/α-hetero) is 1. The van der Waals surface area contributed by atoms with Crippen LogP contribution in [0.25, 0.3) is 0 Å². The molecule has 110 valence electrons. The molecule has 0 heterocycles. The lowest BCUT2D eigenvalue weighted by atomic mass is 9.86. The van der Waals surface area contributed by atoms with E-state index in [0.717, 1.165) is 12.8 Å². The molecule has 0 aromatic rings. The molecule has 6 heteroatoms. The second-order valence-corrected chi connectivity index (χ2v) is 4.74. The average Bonchev–Trinajstić information content (AvgIpc) is 2.64. The van der Waals surface area contributed by atoms with Crippen molar-refractivity contribution in [2.45, 2.75) is 57.0 Å². The molecule has 0 N–H and O–H groups in total. The number of carbonyl (C=O) groups excluding carboxylic acids is 2. The largest absolute Gasteiger partial charge is 0.461 e. The number of alkyl halides is 2. The molecule has 0 atom stereocenters. The van der Waals surface area contributed by atoms with Crippen molar-refractivity contribution in [2.24, 2.45) is 0 Å². The number of hydrogen-bond donors (Lipinski definition) is 0. The lowest BCUT2D eigenvalue weighted by molar-refractivity contribution is -0.187. The smallest absolute Gasteiger partial charge is 0.402 e. The maximum Gasteiger partial charge on any atom is 0.402 e. The third kappa shape index (κ3) is 3.29. The summed E-state index contributed by atoms with van der Waals surface area (Å²) in [6.07, 6.45) is 3.47. The highest BCUT2D eigenvalue weighted by Crippen LogP contribution is 2.36. The van der Waals surface area contributed by atoms with Crippen molar-refractivity contribution >= 4 is 11.8 Å².